The number of nitrogens with zero attached hydrogens (tertiary/aromatic N) is 1. The van der Waals surface area contributed by atoms with Gasteiger partial charge in [0.05, 0.1) is 12.7 Å². The normalized spacial score (nSPS) is 29.6. The van der Waals surface area contributed by atoms with Gasteiger partial charge in [-0.2, -0.15) is 40.5 Å². The van der Waals surface area contributed by atoms with Crippen molar-refractivity contribution in [2.75, 3.05) is 25.6 Å². The second kappa shape index (κ2) is 13.0. The molecule has 1 heterocycles. The summed E-state index contributed by atoms with van der Waals surface area (Å²) in [6, 6.07) is 16.7. The standard InChI is InChI=1S/C33H34BrNO3.3H2S/c1-32-19-27(21-8-10-24(11-9-21)35(2)3)30-26-13-12-25(36)18-23(26)20-38-31(30)28(32)15-17-33(32,37)16-14-22-6-4-5-7-29(22)34;;;/h4-11,18,27-28,31,37H,12-13,15,17,19-20H2,1-3H3;3*1H2/t27-,28+,31+,32+,33+;;;/m1.../s1. The first-order valence-electron chi connectivity index (χ1n) is 13.6. The molecular weight excluding hydrogens is 634 g/mol. The minimum Gasteiger partial charge on any atom is -0.378 e. The molecule has 0 aromatic heterocycles. The van der Waals surface area contributed by atoms with Crippen LogP contribution >= 0.6 is 56.4 Å². The first-order valence-corrected chi connectivity index (χ1v) is 14.4. The van der Waals surface area contributed by atoms with E-state index in [1.54, 1.807) is 6.08 Å². The minimum atomic E-state index is -1.12. The van der Waals surface area contributed by atoms with Crippen molar-refractivity contribution in [3.05, 3.63) is 86.9 Å². The molecule has 2 aromatic rings. The van der Waals surface area contributed by atoms with Crippen molar-refractivity contribution in [2.45, 2.75) is 56.7 Å². The Labute approximate surface area is 273 Å². The second-order valence-electron chi connectivity index (χ2n) is 11.7. The lowest BCUT2D eigenvalue weighted by Crippen LogP contribution is -2.53. The van der Waals surface area contributed by atoms with E-state index >= 15 is 0 Å². The van der Waals surface area contributed by atoms with Crippen LogP contribution in [-0.4, -0.2) is 43.3 Å². The second-order valence-corrected chi connectivity index (χ2v) is 12.6. The Kier molecular flexibility index (Phi) is 10.7. The number of fused-ring (bicyclic) bond motifs is 4. The summed E-state index contributed by atoms with van der Waals surface area (Å²) in [5, 5.41) is 12.2. The molecule has 6 rings (SSSR count). The van der Waals surface area contributed by atoms with Gasteiger partial charge in [-0.1, -0.05) is 43.0 Å². The highest BCUT2D eigenvalue weighted by Crippen LogP contribution is 2.64. The fourth-order valence-electron chi connectivity index (χ4n) is 7.26. The summed E-state index contributed by atoms with van der Waals surface area (Å²) in [5.74, 6) is 7.10. The Bertz CT molecular complexity index is 1430. The lowest BCUT2D eigenvalue weighted by molar-refractivity contribution is -0.115. The van der Waals surface area contributed by atoms with Crippen LogP contribution in [0.4, 0.5) is 5.69 Å². The van der Waals surface area contributed by atoms with Crippen LogP contribution in [0.25, 0.3) is 0 Å². The van der Waals surface area contributed by atoms with Crippen LogP contribution in [0.2, 0.25) is 0 Å². The van der Waals surface area contributed by atoms with Gasteiger partial charge in [-0.05, 0) is 100 Å². The van der Waals surface area contributed by atoms with Crippen molar-refractivity contribution < 1.29 is 14.6 Å². The number of rotatable bonds is 2. The van der Waals surface area contributed by atoms with E-state index in [9.17, 15) is 9.90 Å². The van der Waals surface area contributed by atoms with Gasteiger partial charge in [0.15, 0.2) is 5.78 Å². The molecule has 41 heavy (non-hydrogen) atoms. The van der Waals surface area contributed by atoms with Crippen molar-refractivity contribution in [3.8, 4) is 11.8 Å². The van der Waals surface area contributed by atoms with E-state index in [2.05, 4.69) is 78.0 Å². The first-order chi connectivity index (χ1) is 18.2. The number of allylic oxidation sites excluding steroid dienone is 1. The highest BCUT2D eigenvalue weighted by molar-refractivity contribution is 9.10. The van der Waals surface area contributed by atoms with Crippen LogP contribution in [0.1, 0.15) is 56.1 Å². The summed E-state index contributed by atoms with van der Waals surface area (Å²) in [6.07, 6.45) is 5.35. The van der Waals surface area contributed by atoms with E-state index in [0.717, 1.165) is 40.6 Å². The molecule has 5 atom stereocenters. The van der Waals surface area contributed by atoms with Gasteiger partial charge in [0.25, 0.3) is 0 Å². The molecule has 1 N–H and O–H groups in total. The van der Waals surface area contributed by atoms with E-state index in [-0.39, 0.29) is 64.2 Å². The van der Waals surface area contributed by atoms with Gasteiger partial charge in [0.2, 0.25) is 0 Å². The predicted molar refractivity (Wildman–Crippen MR) is 185 cm³/mol. The average molecular weight is 675 g/mol. The van der Waals surface area contributed by atoms with Crippen LogP contribution in [0.15, 0.2) is 75.8 Å². The number of ketones is 1. The number of benzene rings is 2. The number of anilines is 1. The number of carbonyl (C=O) groups excluding carboxylic acids is 1. The van der Waals surface area contributed by atoms with Gasteiger partial charge in [-0.15, -0.1) is 0 Å². The Morgan fingerprint density at radius 1 is 1.05 bits per heavy atom. The topological polar surface area (TPSA) is 49.8 Å². The van der Waals surface area contributed by atoms with Crippen molar-refractivity contribution >= 4 is 67.9 Å². The molecule has 0 bridgehead atoms. The number of hydrogen-bond donors (Lipinski definition) is 1. The molecule has 2 saturated carbocycles. The lowest BCUT2D eigenvalue weighted by Gasteiger charge is -2.53. The Morgan fingerprint density at radius 2 is 1.76 bits per heavy atom. The molecule has 0 amide bonds. The number of carbonyl (C=O) groups is 1. The minimum absolute atomic E-state index is 0. The van der Waals surface area contributed by atoms with Gasteiger partial charge in [0, 0.05) is 47.6 Å². The third kappa shape index (κ3) is 5.83. The van der Waals surface area contributed by atoms with E-state index in [0.29, 0.717) is 19.4 Å². The maximum atomic E-state index is 12.3. The number of aliphatic hydroxyl groups is 1. The van der Waals surface area contributed by atoms with E-state index < -0.39 is 11.0 Å². The lowest BCUT2D eigenvalue weighted by atomic mass is 9.55. The van der Waals surface area contributed by atoms with Gasteiger partial charge < -0.3 is 14.7 Å². The summed E-state index contributed by atoms with van der Waals surface area (Å²) in [7, 11) is 4.10. The molecule has 8 heteroatoms. The molecule has 1 aliphatic heterocycles. The fraction of sp³-hybridized carbons (Fsp3) is 0.424. The Hall–Kier alpha value is -1.60. The van der Waals surface area contributed by atoms with Crippen molar-refractivity contribution in [2.24, 2.45) is 11.3 Å². The molecule has 0 unspecified atom stereocenters. The molecule has 4 nitrogen and oxygen atoms in total. The van der Waals surface area contributed by atoms with Crippen LogP contribution in [0, 0.1) is 23.2 Å². The smallest absolute Gasteiger partial charge is 0.156 e. The quantitative estimate of drug-likeness (QED) is 0.369. The summed E-state index contributed by atoms with van der Waals surface area (Å²) in [6.45, 7) is 2.69. The van der Waals surface area contributed by atoms with Gasteiger partial charge in [0.1, 0.15) is 5.60 Å². The molecule has 0 spiro atoms. The monoisotopic (exact) mass is 673 g/mol. The van der Waals surface area contributed by atoms with E-state index in [1.165, 1.54) is 16.7 Å². The summed E-state index contributed by atoms with van der Waals surface area (Å²) in [4.78, 5) is 14.4. The maximum absolute atomic E-state index is 12.3. The summed E-state index contributed by atoms with van der Waals surface area (Å²) >= 11 is 3.60. The zero-order valence-corrected chi connectivity index (χ0v) is 28.3. The number of halogens is 1. The number of hydrogen-bond acceptors (Lipinski definition) is 4. The van der Waals surface area contributed by atoms with E-state index in [4.69, 9.17) is 4.74 Å². The molecule has 3 aliphatic carbocycles. The highest BCUT2D eigenvalue weighted by Gasteiger charge is 2.63. The number of ether oxygens (including phenoxy) is 1. The van der Waals surface area contributed by atoms with Gasteiger partial charge in [-0.25, -0.2) is 0 Å². The summed E-state index contributed by atoms with van der Waals surface area (Å²) < 4.78 is 7.55. The van der Waals surface area contributed by atoms with Gasteiger partial charge >= 0.3 is 0 Å². The van der Waals surface area contributed by atoms with E-state index in [1.807, 2.05) is 24.3 Å². The SMILES string of the molecule is CN(C)c1ccc([C@H]2C[C@@]3(C)[C@@H](CC[C@@]3(O)C#Cc3ccccc3Br)[C@@H]3OCC4=CC(=O)CCC4=C32)cc1.S.S.S. The van der Waals surface area contributed by atoms with Crippen molar-refractivity contribution in [1.29, 1.82) is 0 Å². The van der Waals surface area contributed by atoms with Crippen LogP contribution in [-0.2, 0) is 9.53 Å². The Morgan fingerprint density at radius 3 is 2.44 bits per heavy atom. The Balaban J connectivity index is 0.00000154. The third-order valence-electron chi connectivity index (χ3n) is 9.46. The van der Waals surface area contributed by atoms with Crippen LogP contribution in [0.5, 0.6) is 0 Å². The van der Waals surface area contributed by atoms with Gasteiger partial charge in [-0.3, -0.25) is 4.79 Å². The molecule has 4 aliphatic rings. The first kappa shape index (κ1) is 33.9. The zero-order valence-electron chi connectivity index (χ0n) is 23.8. The summed E-state index contributed by atoms with van der Waals surface area (Å²) in [5.41, 5.74) is 5.42. The van der Waals surface area contributed by atoms with Crippen LogP contribution in [0.3, 0.4) is 0 Å². The molecule has 0 saturated heterocycles. The average Bonchev–Trinajstić information content (AvgIpc) is 3.17. The molecule has 0 radical (unpaired) electrons. The third-order valence-corrected chi connectivity index (χ3v) is 10.1. The van der Waals surface area contributed by atoms with Crippen molar-refractivity contribution in [3.63, 3.8) is 0 Å². The predicted octanol–water partition coefficient (Wildman–Crippen LogP) is 6.52. The van der Waals surface area contributed by atoms with Crippen LogP contribution < -0.4 is 4.90 Å². The molecule has 2 aromatic carbocycles. The molecular formula is C33H40BrNO3S3. The maximum Gasteiger partial charge on any atom is 0.156 e. The zero-order chi connectivity index (χ0) is 26.7. The van der Waals surface area contributed by atoms with Crippen molar-refractivity contribution in [1.82, 2.24) is 0 Å². The fourth-order valence-corrected chi connectivity index (χ4v) is 7.64. The highest BCUT2D eigenvalue weighted by atomic mass is 79.9. The molecule has 220 valence electrons. The largest absolute Gasteiger partial charge is 0.378 e. The molecule has 2 fully saturated rings.